The number of nitrogens with one attached hydrogen (secondary N) is 1. The predicted octanol–water partition coefficient (Wildman–Crippen LogP) is 1.58. The van der Waals surface area contributed by atoms with Crippen LogP contribution < -0.4 is 5.32 Å². The van der Waals surface area contributed by atoms with Crippen molar-refractivity contribution in [2.24, 2.45) is 4.99 Å². The molecule has 0 aromatic heterocycles. The summed E-state index contributed by atoms with van der Waals surface area (Å²) < 4.78 is 33.7. The van der Waals surface area contributed by atoms with Gasteiger partial charge in [0.25, 0.3) is 5.91 Å². The number of carboxylic acid groups (broad SMARTS) is 1. The fourth-order valence-corrected chi connectivity index (χ4v) is 4.02. The summed E-state index contributed by atoms with van der Waals surface area (Å²) in [6, 6.07) is -1.06. The van der Waals surface area contributed by atoms with Crippen LogP contribution in [0.25, 0.3) is 0 Å². The van der Waals surface area contributed by atoms with Gasteiger partial charge in [0.15, 0.2) is 6.10 Å². The number of hydrogen-bond acceptors (Lipinski definition) is 5. The van der Waals surface area contributed by atoms with E-state index in [2.05, 4.69) is 10.3 Å². The van der Waals surface area contributed by atoms with Gasteiger partial charge < -0.3 is 15.2 Å². The number of ether oxygens (including phenoxy) is 1. The van der Waals surface area contributed by atoms with Crippen molar-refractivity contribution in [3.8, 4) is 0 Å². The minimum Gasteiger partial charge on any atom is -0.488 e. The van der Waals surface area contributed by atoms with Crippen LogP contribution in [0, 0.1) is 0 Å². The van der Waals surface area contributed by atoms with Crippen LogP contribution >= 0.6 is 0 Å². The first kappa shape index (κ1) is 17.8. The van der Waals surface area contributed by atoms with Gasteiger partial charge in [0, 0.05) is 12.5 Å². The minimum atomic E-state index is -1.52. The van der Waals surface area contributed by atoms with E-state index in [9.17, 15) is 23.5 Å². The summed E-state index contributed by atoms with van der Waals surface area (Å²) in [7, 11) is 0. The fourth-order valence-electron chi connectivity index (χ4n) is 4.02. The molecule has 0 spiro atoms. The Morgan fingerprint density at radius 2 is 2.30 bits per heavy atom. The van der Waals surface area contributed by atoms with Gasteiger partial charge in [-0.3, -0.25) is 19.1 Å². The van der Waals surface area contributed by atoms with Crippen molar-refractivity contribution >= 4 is 17.6 Å². The van der Waals surface area contributed by atoms with E-state index < -0.39 is 42.2 Å². The Hall–Kier alpha value is -2.55. The van der Waals surface area contributed by atoms with Gasteiger partial charge in [0.1, 0.15) is 17.8 Å². The number of halogens is 2. The summed E-state index contributed by atoms with van der Waals surface area (Å²) >= 11 is 0. The Morgan fingerprint density at radius 3 is 3.00 bits per heavy atom. The number of aliphatic imine (C=N–C) groups is 1. The lowest BCUT2D eigenvalue weighted by Crippen LogP contribution is -2.58. The second-order valence-corrected chi connectivity index (χ2v) is 7.05. The molecule has 144 valence electrons. The summed E-state index contributed by atoms with van der Waals surface area (Å²) in [6.07, 6.45) is 3.29. The molecule has 7 nitrogen and oxygen atoms in total. The topological polar surface area (TPSA) is 91.2 Å². The first-order chi connectivity index (χ1) is 12.9. The number of carbonyl (C=O) groups is 2. The molecule has 1 amide bonds. The molecule has 0 radical (unpaired) electrons. The maximum absolute atomic E-state index is 15.0. The van der Waals surface area contributed by atoms with E-state index in [0.29, 0.717) is 6.42 Å². The molecule has 3 heterocycles. The highest BCUT2D eigenvalue weighted by Gasteiger charge is 2.49. The molecule has 9 heteroatoms. The lowest BCUT2D eigenvalue weighted by molar-refractivity contribution is -0.132. The van der Waals surface area contributed by atoms with Crippen LogP contribution in [0.15, 0.2) is 40.1 Å². The van der Waals surface area contributed by atoms with Gasteiger partial charge in [-0.1, -0.05) is 0 Å². The molecule has 1 aliphatic carbocycles. The number of aliphatic carboxylic acids is 1. The van der Waals surface area contributed by atoms with Crippen LogP contribution in [0.5, 0.6) is 0 Å². The van der Waals surface area contributed by atoms with Gasteiger partial charge in [0.2, 0.25) is 5.71 Å². The molecule has 4 rings (SSSR count). The lowest BCUT2D eigenvalue weighted by Gasteiger charge is -2.46. The molecule has 0 saturated carbocycles. The van der Waals surface area contributed by atoms with Crippen molar-refractivity contribution in [2.45, 2.75) is 50.4 Å². The molecule has 4 atom stereocenters. The van der Waals surface area contributed by atoms with E-state index in [1.165, 1.54) is 12.3 Å². The van der Waals surface area contributed by atoms with Crippen LogP contribution in [-0.4, -0.2) is 58.5 Å². The lowest BCUT2D eigenvalue weighted by atomic mass is 9.83. The molecule has 1 fully saturated rings. The second kappa shape index (κ2) is 6.56. The number of allylic oxidation sites excluding steroid dienone is 2. The van der Waals surface area contributed by atoms with Crippen LogP contribution in [0.1, 0.15) is 26.2 Å². The van der Waals surface area contributed by atoms with Crippen molar-refractivity contribution in [3.63, 3.8) is 0 Å². The highest BCUT2D eigenvalue weighted by molar-refractivity contribution is 6.64. The van der Waals surface area contributed by atoms with Crippen molar-refractivity contribution in [2.75, 3.05) is 6.67 Å². The summed E-state index contributed by atoms with van der Waals surface area (Å²) in [5, 5.41) is 12.7. The third kappa shape index (κ3) is 2.77. The van der Waals surface area contributed by atoms with Gasteiger partial charge in [-0.05, 0) is 31.4 Å². The minimum absolute atomic E-state index is 0.0506. The van der Waals surface area contributed by atoms with E-state index in [4.69, 9.17) is 4.74 Å². The SMILES string of the molecule is CC1CCC2=CC(F)=C3C(OC=C4C(CCF)N=C(C(=O)O)C(=O)N43)C2N1. The average molecular weight is 379 g/mol. The normalized spacial score (nSPS) is 32.5. The third-order valence-corrected chi connectivity index (χ3v) is 5.31. The second-order valence-electron chi connectivity index (χ2n) is 7.05. The zero-order valence-electron chi connectivity index (χ0n) is 14.6. The monoisotopic (exact) mass is 379 g/mol. The van der Waals surface area contributed by atoms with E-state index in [0.717, 1.165) is 16.9 Å². The molecule has 2 N–H and O–H groups in total. The average Bonchev–Trinajstić information content (AvgIpc) is 2.64. The number of fused-ring (bicyclic) bond motifs is 5. The zero-order valence-corrected chi connectivity index (χ0v) is 14.6. The first-order valence-electron chi connectivity index (χ1n) is 8.85. The summed E-state index contributed by atoms with van der Waals surface area (Å²) in [5.74, 6) is -3.11. The predicted molar refractivity (Wildman–Crippen MR) is 91.1 cm³/mol. The van der Waals surface area contributed by atoms with Crippen LogP contribution in [0.2, 0.25) is 0 Å². The Balaban J connectivity index is 1.82. The Bertz CT molecular complexity index is 832. The van der Waals surface area contributed by atoms with Crippen LogP contribution in [0.4, 0.5) is 8.78 Å². The van der Waals surface area contributed by atoms with Crippen molar-refractivity contribution in [1.82, 2.24) is 10.2 Å². The quantitative estimate of drug-likeness (QED) is 0.777. The standard InChI is InChI=1S/C18H19F2N3O4/c1-8-2-3-9-6-10(20)15-16(13(9)21-8)27-7-12-11(4-5-19)22-14(18(25)26)17(24)23(12)15/h6-8,11,13,16,21H,2-5H2,1H3,(H,25,26). The summed E-state index contributed by atoms with van der Waals surface area (Å²) in [5.41, 5.74) is 0.217. The molecular formula is C18H19F2N3O4. The Labute approximate surface area is 154 Å². The van der Waals surface area contributed by atoms with E-state index in [-0.39, 0.29) is 29.9 Å². The molecule has 4 aliphatic rings. The van der Waals surface area contributed by atoms with Crippen molar-refractivity contribution < 1.29 is 28.2 Å². The summed E-state index contributed by atoms with van der Waals surface area (Å²) in [6.45, 7) is 1.24. The number of nitrogens with zero attached hydrogens (tertiary/aromatic N) is 2. The highest BCUT2D eigenvalue weighted by atomic mass is 19.1. The molecule has 1 saturated heterocycles. The molecule has 0 aromatic carbocycles. The number of piperidine rings is 1. The largest absolute Gasteiger partial charge is 0.488 e. The number of alkyl halides is 1. The number of hydrogen-bond donors (Lipinski definition) is 2. The smallest absolute Gasteiger partial charge is 0.359 e. The van der Waals surface area contributed by atoms with Gasteiger partial charge >= 0.3 is 5.97 Å². The number of rotatable bonds is 3. The number of carboxylic acids is 1. The van der Waals surface area contributed by atoms with Gasteiger partial charge in [-0.25, -0.2) is 9.18 Å². The maximum Gasteiger partial charge on any atom is 0.359 e. The zero-order chi connectivity index (χ0) is 19.3. The van der Waals surface area contributed by atoms with Crippen molar-refractivity contribution in [1.29, 1.82) is 0 Å². The van der Waals surface area contributed by atoms with Gasteiger partial charge in [-0.2, -0.15) is 0 Å². The summed E-state index contributed by atoms with van der Waals surface area (Å²) in [4.78, 5) is 29.1. The van der Waals surface area contributed by atoms with Gasteiger partial charge in [-0.15, -0.1) is 0 Å². The third-order valence-electron chi connectivity index (χ3n) is 5.31. The molecule has 27 heavy (non-hydrogen) atoms. The number of carbonyl (C=O) groups excluding carboxylic acids is 1. The maximum atomic E-state index is 15.0. The Kier molecular flexibility index (Phi) is 4.33. The fraction of sp³-hybridized carbons (Fsp3) is 0.500. The van der Waals surface area contributed by atoms with Crippen LogP contribution in [-0.2, 0) is 14.3 Å². The molecule has 0 aromatic rings. The Morgan fingerprint density at radius 1 is 1.52 bits per heavy atom. The first-order valence-corrected chi connectivity index (χ1v) is 8.85. The molecule has 3 aliphatic heterocycles. The van der Waals surface area contributed by atoms with Gasteiger partial charge in [0.05, 0.1) is 24.5 Å². The molecule has 0 bridgehead atoms. The van der Waals surface area contributed by atoms with E-state index >= 15 is 0 Å². The molecular weight excluding hydrogens is 360 g/mol. The van der Waals surface area contributed by atoms with E-state index in [1.54, 1.807) is 0 Å². The van der Waals surface area contributed by atoms with Crippen molar-refractivity contribution in [3.05, 3.63) is 35.1 Å². The number of amides is 1. The highest BCUT2D eigenvalue weighted by Crippen LogP contribution is 2.41. The van der Waals surface area contributed by atoms with Crippen LogP contribution in [0.3, 0.4) is 0 Å². The van der Waals surface area contributed by atoms with E-state index in [1.807, 2.05) is 6.92 Å². The molecule has 4 unspecified atom stereocenters.